The van der Waals surface area contributed by atoms with Crippen LogP contribution in [-0.2, 0) is 14.8 Å². The molecular formula is C14H18N4O3S3. The maximum absolute atomic E-state index is 13.1. The molecule has 3 rings (SSSR count). The number of nitrogens with zero attached hydrogens (tertiary/aromatic N) is 4. The van der Waals surface area contributed by atoms with Crippen molar-refractivity contribution < 1.29 is 13.2 Å². The Morgan fingerprint density at radius 3 is 2.83 bits per heavy atom. The second-order valence-electron chi connectivity index (χ2n) is 5.84. The van der Waals surface area contributed by atoms with Gasteiger partial charge in [0, 0.05) is 18.8 Å². The Kier molecular flexibility index (Phi) is 4.82. The van der Waals surface area contributed by atoms with Crippen molar-refractivity contribution in [3.8, 4) is 0 Å². The molecule has 0 radical (unpaired) electrons. The molecular weight excluding hydrogens is 368 g/mol. The van der Waals surface area contributed by atoms with E-state index in [1.165, 1.54) is 22.1 Å². The summed E-state index contributed by atoms with van der Waals surface area (Å²) in [5, 5.41) is 0. The van der Waals surface area contributed by atoms with E-state index in [0.29, 0.717) is 16.8 Å². The molecule has 2 aromatic rings. The number of thioether (sulfide) groups is 1. The highest BCUT2D eigenvalue weighted by Gasteiger charge is 2.42. The molecule has 1 aliphatic rings. The van der Waals surface area contributed by atoms with Crippen molar-refractivity contribution in [2.24, 2.45) is 0 Å². The lowest BCUT2D eigenvalue weighted by molar-refractivity contribution is -0.134. The zero-order valence-electron chi connectivity index (χ0n) is 13.5. The van der Waals surface area contributed by atoms with Gasteiger partial charge in [0.1, 0.15) is 22.0 Å². The minimum absolute atomic E-state index is 0.0128. The van der Waals surface area contributed by atoms with E-state index < -0.39 is 16.1 Å². The van der Waals surface area contributed by atoms with Gasteiger partial charge in [-0.2, -0.15) is 13.1 Å². The number of sulfonamides is 1. The van der Waals surface area contributed by atoms with E-state index in [-0.39, 0.29) is 22.7 Å². The van der Waals surface area contributed by atoms with Crippen LogP contribution in [0.4, 0.5) is 0 Å². The van der Waals surface area contributed by atoms with Gasteiger partial charge in [-0.05, 0) is 26.0 Å². The fourth-order valence-corrected chi connectivity index (χ4v) is 6.35. The maximum atomic E-state index is 13.1. The van der Waals surface area contributed by atoms with Crippen LogP contribution in [0.1, 0.15) is 13.8 Å². The van der Waals surface area contributed by atoms with Crippen molar-refractivity contribution in [2.45, 2.75) is 30.8 Å². The van der Waals surface area contributed by atoms with Crippen molar-refractivity contribution in [2.75, 3.05) is 18.7 Å². The smallest absolute Gasteiger partial charge is 0.246 e. The zero-order valence-corrected chi connectivity index (χ0v) is 16.0. The van der Waals surface area contributed by atoms with Crippen molar-refractivity contribution in [3.05, 3.63) is 18.2 Å². The van der Waals surface area contributed by atoms with Crippen LogP contribution in [-0.4, -0.2) is 63.0 Å². The lowest BCUT2D eigenvalue weighted by Gasteiger charge is -2.29. The molecule has 1 amide bonds. The van der Waals surface area contributed by atoms with Gasteiger partial charge in [0.2, 0.25) is 15.9 Å². The summed E-state index contributed by atoms with van der Waals surface area (Å²) >= 11 is 2.42. The maximum Gasteiger partial charge on any atom is 0.246 e. The third-order valence-electron chi connectivity index (χ3n) is 4.08. The Hall–Kier alpha value is -1.23. The molecule has 1 aliphatic heterocycles. The lowest BCUT2D eigenvalue weighted by atomic mass is 10.2. The standard InChI is InChI=1S/C14H18N4O3S3/c1-9(2)17(3)14(19)11-7-22-8-18(11)24(20,21)12-6-4-5-10-13(12)16-23-15-10/h4-6,9,11H,7-8H2,1-3H3/t11-/m0/s1. The van der Waals surface area contributed by atoms with Gasteiger partial charge in [0.05, 0.1) is 17.6 Å². The van der Waals surface area contributed by atoms with Crippen LogP contribution in [0.3, 0.4) is 0 Å². The van der Waals surface area contributed by atoms with E-state index in [9.17, 15) is 13.2 Å². The Bertz CT molecular complexity index is 865. The highest BCUT2D eigenvalue weighted by atomic mass is 32.2. The summed E-state index contributed by atoms with van der Waals surface area (Å²) in [6.45, 7) is 3.81. The van der Waals surface area contributed by atoms with Gasteiger partial charge in [0.15, 0.2) is 0 Å². The van der Waals surface area contributed by atoms with E-state index in [1.54, 1.807) is 24.1 Å². The average molecular weight is 387 g/mol. The first-order valence-electron chi connectivity index (χ1n) is 7.41. The van der Waals surface area contributed by atoms with Gasteiger partial charge in [-0.25, -0.2) is 8.42 Å². The van der Waals surface area contributed by atoms with Crippen LogP contribution >= 0.6 is 23.5 Å². The number of rotatable bonds is 4. The molecule has 1 aromatic heterocycles. The quantitative estimate of drug-likeness (QED) is 0.794. The Labute approximate surface area is 149 Å². The largest absolute Gasteiger partial charge is 0.342 e. The van der Waals surface area contributed by atoms with Gasteiger partial charge >= 0.3 is 0 Å². The molecule has 1 fully saturated rings. The van der Waals surface area contributed by atoms with Crippen molar-refractivity contribution >= 4 is 50.5 Å². The van der Waals surface area contributed by atoms with Crippen molar-refractivity contribution in [1.29, 1.82) is 0 Å². The third-order valence-corrected chi connectivity index (χ3v) is 7.69. The summed E-state index contributed by atoms with van der Waals surface area (Å²) in [5.74, 6) is 0.543. The molecule has 0 N–H and O–H groups in total. The molecule has 7 nitrogen and oxygen atoms in total. The lowest BCUT2D eigenvalue weighted by Crippen LogP contribution is -2.49. The predicted molar refractivity (Wildman–Crippen MR) is 95.5 cm³/mol. The summed E-state index contributed by atoms with van der Waals surface area (Å²) in [6.07, 6.45) is 0. The second-order valence-corrected chi connectivity index (χ2v) is 9.23. The Balaban J connectivity index is 2.00. The van der Waals surface area contributed by atoms with Crippen LogP contribution in [0.15, 0.2) is 23.1 Å². The minimum atomic E-state index is -3.82. The highest BCUT2D eigenvalue weighted by Crippen LogP contribution is 2.32. The summed E-state index contributed by atoms with van der Waals surface area (Å²) in [7, 11) is -2.12. The molecule has 10 heteroatoms. The summed E-state index contributed by atoms with van der Waals surface area (Å²) in [5.41, 5.74) is 0.915. The summed E-state index contributed by atoms with van der Waals surface area (Å²) < 4.78 is 35.8. The number of likely N-dealkylation sites (N-methyl/N-ethyl adjacent to an activating group) is 1. The number of hydrogen-bond acceptors (Lipinski definition) is 7. The highest BCUT2D eigenvalue weighted by molar-refractivity contribution is 8.00. The SMILES string of the molecule is CC(C)N(C)C(=O)[C@@H]1CSCN1S(=O)(=O)c1cccc2nsnc12. The number of carbonyl (C=O) groups excluding carboxylic acids is 1. The first kappa shape index (κ1) is 17.6. The van der Waals surface area contributed by atoms with Gasteiger partial charge in [-0.1, -0.05) is 6.07 Å². The second kappa shape index (κ2) is 6.58. The normalized spacial score (nSPS) is 19.2. The van der Waals surface area contributed by atoms with Crippen LogP contribution in [0.25, 0.3) is 11.0 Å². The predicted octanol–water partition coefficient (Wildman–Crippen LogP) is 1.62. The average Bonchev–Trinajstić information content (AvgIpc) is 3.21. The molecule has 130 valence electrons. The van der Waals surface area contributed by atoms with E-state index in [2.05, 4.69) is 8.75 Å². The molecule has 1 atom stereocenters. The monoisotopic (exact) mass is 386 g/mol. The Morgan fingerprint density at radius 2 is 2.12 bits per heavy atom. The van der Waals surface area contributed by atoms with Crippen LogP contribution in [0.5, 0.6) is 0 Å². The zero-order chi connectivity index (χ0) is 17.5. The molecule has 0 spiro atoms. The van der Waals surface area contributed by atoms with Crippen LogP contribution in [0.2, 0.25) is 0 Å². The molecule has 24 heavy (non-hydrogen) atoms. The van der Waals surface area contributed by atoms with E-state index >= 15 is 0 Å². The number of amides is 1. The van der Waals surface area contributed by atoms with Gasteiger partial charge < -0.3 is 4.90 Å². The number of carbonyl (C=O) groups is 1. The Morgan fingerprint density at radius 1 is 1.38 bits per heavy atom. The molecule has 1 aromatic carbocycles. The fraction of sp³-hybridized carbons (Fsp3) is 0.500. The summed E-state index contributed by atoms with van der Waals surface area (Å²) in [6, 6.07) is 4.23. The number of aromatic nitrogens is 2. The molecule has 0 aliphatic carbocycles. The molecule has 2 heterocycles. The van der Waals surface area contributed by atoms with Gasteiger partial charge in [-0.15, -0.1) is 11.8 Å². The van der Waals surface area contributed by atoms with Crippen molar-refractivity contribution in [3.63, 3.8) is 0 Å². The van der Waals surface area contributed by atoms with E-state index in [4.69, 9.17) is 0 Å². The first-order chi connectivity index (χ1) is 11.3. The third kappa shape index (κ3) is 2.92. The van der Waals surface area contributed by atoms with Crippen LogP contribution in [0, 0.1) is 0 Å². The van der Waals surface area contributed by atoms with Crippen molar-refractivity contribution in [1.82, 2.24) is 18.0 Å². The molecule has 1 saturated heterocycles. The van der Waals surface area contributed by atoms with Gasteiger partial charge in [0.25, 0.3) is 0 Å². The molecule has 0 saturated carbocycles. The first-order valence-corrected chi connectivity index (χ1v) is 10.7. The molecule has 0 unspecified atom stereocenters. The van der Waals surface area contributed by atoms with E-state index in [0.717, 1.165) is 11.7 Å². The molecule has 0 bridgehead atoms. The fourth-order valence-electron chi connectivity index (χ4n) is 2.46. The van der Waals surface area contributed by atoms with Crippen LogP contribution < -0.4 is 0 Å². The topological polar surface area (TPSA) is 83.5 Å². The number of benzene rings is 1. The van der Waals surface area contributed by atoms with Gasteiger partial charge in [-0.3, -0.25) is 4.79 Å². The van der Waals surface area contributed by atoms with E-state index in [1.807, 2.05) is 13.8 Å². The minimum Gasteiger partial charge on any atom is -0.342 e. The number of fused-ring (bicyclic) bond motifs is 1. The number of hydrogen-bond donors (Lipinski definition) is 0. The summed E-state index contributed by atoms with van der Waals surface area (Å²) in [4.78, 5) is 14.4.